The molecule has 0 saturated carbocycles. The lowest BCUT2D eigenvalue weighted by Crippen LogP contribution is -2.47. The number of halogens is 2. The standard InChI is InChI=1S/C21H27N3O3.2ClH/c1-26-15-21(7-9-22-10-8-21)14-24-20(25)18-11-17(12-23-13-18)16-3-5-19(27-2)6-4-16;;/h3-6,11-13,22H,7-10,14-15H2,1-2H3,(H,24,25);2*1H. The number of ether oxygens (including phenoxy) is 2. The third-order valence-corrected chi connectivity index (χ3v) is 5.16. The molecule has 2 aromatic rings. The van der Waals surface area contributed by atoms with Crippen LogP contribution in [0.5, 0.6) is 5.75 Å². The van der Waals surface area contributed by atoms with Crippen LogP contribution in [0.2, 0.25) is 0 Å². The van der Waals surface area contributed by atoms with Crippen LogP contribution < -0.4 is 15.4 Å². The second kappa shape index (κ2) is 12.0. The predicted molar refractivity (Wildman–Crippen MR) is 119 cm³/mol. The zero-order valence-corrected chi connectivity index (χ0v) is 18.4. The van der Waals surface area contributed by atoms with Crippen LogP contribution in [-0.2, 0) is 4.74 Å². The normalized spacial score (nSPS) is 14.8. The van der Waals surface area contributed by atoms with Gasteiger partial charge < -0.3 is 20.1 Å². The van der Waals surface area contributed by atoms with Gasteiger partial charge in [0.15, 0.2) is 0 Å². The number of benzene rings is 1. The SMILES string of the molecule is COCC1(CNC(=O)c2cncc(-c3ccc(OC)cc3)c2)CCNCC1.Cl.Cl. The van der Waals surface area contributed by atoms with E-state index in [1.807, 2.05) is 30.3 Å². The van der Waals surface area contributed by atoms with Gasteiger partial charge in [0.25, 0.3) is 5.91 Å². The lowest BCUT2D eigenvalue weighted by atomic mass is 9.79. The summed E-state index contributed by atoms with van der Waals surface area (Å²) < 4.78 is 10.6. The summed E-state index contributed by atoms with van der Waals surface area (Å²) in [6.45, 7) is 3.16. The summed E-state index contributed by atoms with van der Waals surface area (Å²) in [6, 6.07) is 9.58. The van der Waals surface area contributed by atoms with Crippen molar-refractivity contribution in [3.8, 4) is 16.9 Å². The van der Waals surface area contributed by atoms with Gasteiger partial charge >= 0.3 is 0 Å². The number of carbonyl (C=O) groups excluding carboxylic acids is 1. The highest BCUT2D eigenvalue weighted by atomic mass is 35.5. The van der Waals surface area contributed by atoms with Gasteiger partial charge in [0, 0.05) is 37.0 Å². The highest BCUT2D eigenvalue weighted by Gasteiger charge is 2.32. The average Bonchev–Trinajstić information content (AvgIpc) is 2.73. The zero-order valence-electron chi connectivity index (χ0n) is 16.8. The number of hydrogen-bond acceptors (Lipinski definition) is 5. The van der Waals surface area contributed by atoms with Crippen LogP contribution >= 0.6 is 24.8 Å². The van der Waals surface area contributed by atoms with Crippen LogP contribution in [0.4, 0.5) is 0 Å². The number of pyridine rings is 1. The fourth-order valence-electron chi connectivity index (χ4n) is 3.51. The molecule has 0 spiro atoms. The number of amides is 1. The van der Waals surface area contributed by atoms with Crippen LogP contribution in [0.15, 0.2) is 42.7 Å². The molecule has 0 unspecified atom stereocenters. The predicted octanol–water partition coefficient (Wildman–Crippen LogP) is 3.35. The Morgan fingerprint density at radius 3 is 2.41 bits per heavy atom. The molecule has 0 bridgehead atoms. The van der Waals surface area contributed by atoms with E-state index in [0.29, 0.717) is 18.7 Å². The van der Waals surface area contributed by atoms with Crippen molar-refractivity contribution in [2.75, 3.05) is 40.5 Å². The number of aromatic nitrogens is 1. The summed E-state index contributed by atoms with van der Waals surface area (Å²) in [6.07, 6.45) is 5.35. The number of rotatable bonds is 7. The Bertz CT molecular complexity index is 761. The molecule has 0 radical (unpaired) electrons. The topological polar surface area (TPSA) is 72.5 Å². The van der Waals surface area contributed by atoms with E-state index in [1.54, 1.807) is 26.6 Å². The van der Waals surface area contributed by atoms with Crippen molar-refractivity contribution in [2.45, 2.75) is 12.8 Å². The van der Waals surface area contributed by atoms with Gasteiger partial charge in [-0.15, -0.1) is 24.8 Å². The van der Waals surface area contributed by atoms with Crippen LogP contribution in [0, 0.1) is 5.41 Å². The van der Waals surface area contributed by atoms with Crippen LogP contribution in [0.1, 0.15) is 23.2 Å². The first-order chi connectivity index (χ1) is 13.2. The molecule has 2 N–H and O–H groups in total. The van der Waals surface area contributed by atoms with Crippen molar-refractivity contribution in [3.63, 3.8) is 0 Å². The molecule has 1 aromatic heterocycles. The first-order valence-corrected chi connectivity index (χ1v) is 9.23. The molecule has 0 atom stereocenters. The maximum atomic E-state index is 12.7. The van der Waals surface area contributed by atoms with Gasteiger partial charge in [-0.25, -0.2) is 0 Å². The number of carbonyl (C=O) groups is 1. The summed E-state index contributed by atoms with van der Waals surface area (Å²) in [5.41, 5.74) is 2.45. The Morgan fingerprint density at radius 2 is 1.79 bits per heavy atom. The lowest BCUT2D eigenvalue weighted by molar-refractivity contribution is 0.0511. The van der Waals surface area contributed by atoms with Gasteiger partial charge in [-0.2, -0.15) is 0 Å². The molecule has 0 aliphatic carbocycles. The minimum absolute atomic E-state index is 0. The van der Waals surface area contributed by atoms with Crippen molar-refractivity contribution in [1.29, 1.82) is 0 Å². The third kappa shape index (κ3) is 6.57. The van der Waals surface area contributed by atoms with E-state index in [4.69, 9.17) is 9.47 Å². The van der Waals surface area contributed by atoms with Crippen molar-refractivity contribution < 1.29 is 14.3 Å². The molecule has 2 heterocycles. The maximum absolute atomic E-state index is 12.7. The number of methoxy groups -OCH3 is 2. The second-order valence-corrected chi connectivity index (χ2v) is 7.06. The average molecular weight is 442 g/mol. The highest BCUT2D eigenvalue weighted by molar-refractivity contribution is 5.95. The molecular weight excluding hydrogens is 413 g/mol. The molecule has 1 aliphatic rings. The fourth-order valence-corrected chi connectivity index (χ4v) is 3.51. The van der Waals surface area contributed by atoms with Gasteiger partial charge in [-0.3, -0.25) is 9.78 Å². The quantitative estimate of drug-likeness (QED) is 0.688. The van der Waals surface area contributed by atoms with Gasteiger partial charge in [0.05, 0.1) is 19.3 Å². The Balaban J connectivity index is 0.00000210. The Morgan fingerprint density at radius 1 is 1.10 bits per heavy atom. The van der Waals surface area contributed by atoms with Crippen LogP contribution in [-0.4, -0.2) is 51.4 Å². The van der Waals surface area contributed by atoms with Crippen molar-refractivity contribution in [1.82, 2.24) is 15.6 Å². The molecule has 29 heavy (non-hydrogen) atoms. The Kier molecular flexibility index (Phi) is 10.4. The first kappa shape index (κ1) is 25.2. The van der Waals surface area contributed by atoms with E-state index in [1.165, 1.54) is 0 Å². The minimum Gasteiger partial charge on any atom is -0.497 e. The summed E-state index contributed by atoms with van der Waals surface area (Å²) in [7, 11) is 3.36. The van der Waals surface area contributed by atoms with Crippen LogP contribution in [0.25, 0.3) is 11.1 Å². The Hall–Kier alpha value is -1.86. The Labute approximate surface area is 184 Å². The smallest absolute Gasteiger partial charge is 0.252 e. The van der Waals surface area contributed by atoms with Gasteiger partial charge in [-0.1, -0.05) is 12.1 Å². The second-order valence-electron chi connectivity index (χ2n) is 7.06. The molecule has 1 fully saturated rings. The van der Waals surface area contributed by atoms with Gasteiger partial charge in [-0.05, 0) is 49.7 Å². The molecule has 160 valence electrons. The van der Waals surface area contributed by atoms with E-state index in [-0.39, 0.29) is 36.1 Å². The number of hydrogen-bond donors (Lipinski definition) is 2. The zero-order chi connectivity index (χ0) is 19.1. The lowest BCUT2D eigenvalue weighted by Gasteiger charge is -2.37. The van der Waals surface area contributed by atoms with Gasteiger partial charge in [0.2, 0.25) is 0 Å². The molecule has 1 amide bonds. The summed E-state index contributed by atoms with van der Waals surface area (Å²) in [4.78, 5) is 16.9. The monoisotopic (exact) mass is 441 g/mol. The van der Waals surface area contributed by atoms with E-state index >= 15 is 0 Å². The van der Waals surface area contributed by atoms with Crippen molar-refractivity contribution in [2.24, 2.45) is 5.41 Å². The summed E-state index contributed by atoms with van der Waals surface area (Å²) in [5.74, 6) is 0.692. The van der Waals surface area contributed by atoms with Crippen molar-refractivity contribution >= 4 is 30.7 Å². The number of piperidine rings is 1. The number of nitrogens with one attached hydrogen (secondary N) is 2. The maximum Gasteiger partial charge on any atom is 0.252 e. The molecule has 8 heteroatoms. The molecule has 1 saturated heterocycles. The largest absolute Gasteiger partial charge is 0.497 e. The highest BCUT2D eigenvalue weighted by Crippen LogP contribution is 2.28. The fraction of sp³-hybridized carbons (Fsp3) is 0.429. The summed E-state index contributed by atoms with van der Waals surface area (Å²) in [5, 5.41) is 6.45. The minimum atomic E-state index is -0.105. The summed E-state index contributed by atoms with van der Waals surface area (Å²) >= 11 is 0. The van der Waals surface area contributed by atoms with E-state index in [9.17, 15) is 4.79 Å². The van der Waals surface area contributed by atoms with Crippen LogP contribution in [0.3, 0.4) is 0 Å². The molecular formula is C21H29Cl2N3O3. The molecule has 6 nitrogen and oxygen atoms in total. The van der Waals surface area contributed by atoms with E-state index in [2.05, 4.69) is 15.6 Å². The molecule has 1 aliphatic heterocycles. The molecule has 3 rings (SSSR count). The number of nitrogens with zero attached hydrogens (tertiary/aromatic N) is 1. The third-order valence-electron chi connectivity index (χ3n) is 5.16. The van der Waals surface area contributed by atoms with Gasteiger partial charge in [0.1, 0.15) is 5.75 Å². The van der Waals surface area contributed by atoms with E-state index < -0.39 is 0 Å². The van der Waals surface area contributed by atoms with Crippen molar-refractivity contribution in [3.05, 3.63) is 48.3 Å². The molecule has 1 aromatic carbocycles. The van der Waals surface area contributed by atoms with E-state index in [0.717, 1.165) is 42.8 Å². The first-order valence-electron chi connectivity index (χ1n) is 9.23.